The summed E-state index contributed by atoms with van der Waals surface area (Å²) in [6, 6.07) is 0. The molecular weight excluding hydrogens is 775 g/mol. The summed E-state index contributed by atoms with van der Waals surface area (Å²) in [5.41, 5.74) is 4.36. The van der Waals surface area contributed by atoms with E-state index >= 15 is 0 Å². The van der Waals surface area contributed by atoms with Crippen LogP contribution < -0.4 is 16.4 Å². The van der Waals surface area contributed by atoms with Crippen LogP contribution in [0.25, 0.3) is 11.2 Å². The van der Waals surface area contributed by atoms with Crippen molar-refractivity contribution in [2.24, 2.45) is 5.41 Å². The molecule has 2 amide bonds. The number of ether oxygens (including phenoxy) is 1. The Morgan fingerprint density at radius 3 is 2.48 bits per heavy atom. The second-order valence-electron chi connectivity index (χ2n) is 11.2. The van der Waals surface area contributed by atoms with Gasteiger partial charge < -0.3 is 15.7 Å². The third-order valence-electron chi connectivity index (χ3n) is 6.74. The van der Waals surface area contributed by atoms with Crippen LogP contribution in [0.4, 0.5) is 5.82 Å². The van der Waals surface area contributed by atoms with Crippen molar-refractivity contribution in [1.82, 2.24) is 30.2 Å². The molecule has 23 nitrogen and oxygen atoms in total. The van der Waals surface area contributed by atoms with Crippen molar-refractivity contribution >= 4 is 74.2 Å². The molecule has 7 atom stereocenters. The summed E-state index contributed by atoms with van der Waals surface area (Å²) in [6.07, 6.45) is -4.56. The van der Waals surface area contributed by atoms with Crippen LogP contribution in [0.15, 0.2) is 12.7 Å². The van der Waals surface area contributed by atoms with Crippen molar-refractivity contribution in [3.05, 3.63) is 12.7 Å². The van der Waals surface area contributed by atoms with E-state index in [0.717, 1.165) is 17.2 Å². The van der Waals surface area contributed by atoms with E-state index in [-0.39, 0.29) is 35.9 Å². The number of aromatic nitrogens is 4. The fraction of sp³-hybridized carbons (Fsp3) is 0.682. The number of nitrogens with two attached hydrogens (primary N) is 1. The maximum absolute atomic E-state index is 12.6. The number of rotatable bonds is 20. The molecule has 0 aliphatic carbocycles. The number of carbonyl (C=O) groups excluding carboxylic acids is 2. The zero-order valence-corrected chi connectivity index (χ0v) is 31.1. The Labute approximate surface area is 292 Å². The molecular formula is C22H40N7O16P3S2. The quantitative estimate of drug-likeness (QED) is 0.0422. The van der Waals surface area contributed by atoms with Gasteiger partial charge in [0.05, 0.1) is 0 Å². The van der Waals surface area contributed by atoms with Crippen LogP contribution >= 0.6 is 45.4 Å². The number of anilines is 1. The molecule has 1 saturated heterocycles. The van der Waals surface area contributed by atoms with Gasteiger partial charge in [-0.05, 0) is 6.26 Å². The Hall–Kier alpha value is -1.60. The minimum absolute atomic E-state index is 0.0234. The van der Waals surface area contributed by atoms with Crippen LogP contribution in [0.1, 0.15) is 26.5 Å². The van der Waals surface area contributed by atoms with E-state index in [9.17, 15) is 53.4 Å². The second-order valence-corrected chi connectivity index (χ2v) is 18.3. The number of aliphatic hydroxyl groups is 2. The number of hydrogen-bond acceptors (Lipinski definition) is 20. The number of imidazole rings is 1. The van der Waals surface area contributed by atoms with Gasteiger partial charge in [-0.2, -0.15) is 0 Å². The molecule has 2 aromatic rings. The van der Waals surface area contributed by atoms with Gasteiger partial charge in [0.15, 0.2) is 0 Å². The third-order valence-corrected chi connectivity index (χ3v) is 11.7. The maximum atomic E-state index is 12.6. The molecule has 0 saturated carbocycles. The molecule has 0 aromatic carbocycles. The van der Waals surface area contributed by atoms with Crippen molar-refractivity contribution in [2.45, 2.75) is 50.9 Å². The normalized spacial score (nSPS) is 23.2. The van der Waals surface area contributed by atoms with Crippen LogP contribution in [-0.2, 0) is 41.3 Å². The predicted molar refractivity (Wildman–Crippen MR) is 179 cm³/mol. The van der Waals surface area contributed by atoms with Crippen LogP contribution in [0, 0.1) is 5.41 Å². The van der Waals surface area contributed by atoms with E-state index in [1.54, 1.807) is 21.6 Å². The van der Waals surface area contributed by atoms with Gasteiger partial charge in [0.2, 0.25) is 11.8 Å². The standard InChI is InChI=1S/C22H40N7O16P3S2/c1-22(2,17(32)20(33)25-5-4-13(30)24-6-7-50-49-3)9-42-48(39,40)45-47(37,38)41-8-12-16(44-46(34,35)36)15(31)21(43-12)29-11-28-14-18(23)26-10-27-19(14)29/h10-12,15-17,21,31-32,34-36,46H,4-9H2,1-3H3,(H,24,30)(H,25,33)(H,37,38)(H,39,40)(H2,23,26,27)/t12-,15+,16?,17-,21-/m1/s1. The van der Waals surface area contributed by atoms with Crippen LogP contribution in [0.3, 0.4) is 0 Å². The van der Waals surface area contributed by atoms with Gasteiger partial charge in [0.1, 0.15) is 0 Å². The Morgan fingerprint density at radius 2 is 1.82 bits per heavy atom. The van der Waals surface area contributed by atoms with Gasteiger partial charge in [0, 0.05) is 25.3 Å². The predicted octanol–water partition coefficient (Wildman–Crippen LogP) is -1.29. The van der Waals surface area contributed by atoms with E-state index in [4.69, 9.17) is 24.0 Å². The van der Waals surface area contributed by atoms with Crippen LogP contribution in [0.2, 0.25) is 0 Å². The molecule has 1 aliphatic heterocycles. The van der Waals surface area contributed by atoms with Crippen molar-refractivity contribution in [2.75, 3.05) is 44.0 Å². The number of aliphatic hydroxyl groups excluding tert-OH is 2. The van der Waals surface area contributed by atoms with E-state index in [0.29, 0.717) is 12.3 Å². The minimum atomic E-state index is -5.52. The first-order valence-electron chi connectivity index (χ1n) is 14.3. The van der Waals surface area contributed by atoms with E-state index < -0.39 is 79.0 Å². The Bertz CT molecular complexity index is 1570. The first kappa shape index (κ1) is 42.8. The molecule has 0 spiro atoms. The molecule has 50 heavy (non-hydrogen) atoms. The summed E-state index contributed by atoms with van der Waals surface area (Å²) in [7, 11) is -13.2. The number of amides is 2. The number of phosphoric acid groups is 2. The summed E-state index contributed by atoms with van der Waals surface area (Å²) >= 11 is 0. The van der Waals surface area contributed by atoms with Crippen molar-refractivity contribution in [3.8, 4) is 0 Å². The average molecular weight is 816 g/mol. The number of phosphoric ester groups is 2. The molecule has 28 heteroatoms. The third kappa shape index (κ3) is 12.5. The van der Waals surface area contributed by atoms with E-state index in [1.165, 1.54) is 13.8 Å². The fourth-order valence-corrected chi connectivity index (χ4v) is 8.30. The van der Waals surface area contributed by atoms with Crippen molar-refractivity contribution in [1.29, 1.82) is 0 Å². The number of fused-ring (bicyclic) bond motifs is 1. The van der Waals surface area contributed by atoms with Gasteiger partial charge in [-0.3, -0.25) is 9.59 Å². The van der Waals surface area contributed by atoms with Gasteiger partial charge in [-0.15, -0.1) is 0 Å². The number of nitrogens with one attached hydrogen (secondary N) is 2. The van der Waals surface area contributed by atoms with E-state index in [2.05, 4.69) is 29.9 Å². The fourth-order valence-electron chi connectivity index (χ4n) is 4.29. The topological polar surface area (TPSA) is 350 Å². The molecule has 3 rings (SSSR count). The zero-order chi connectivity index (χ0) is 37.5. The van der Waals surface area contributed by atoms with Crippen LogP contribution in [0.5, 0.6) is 0 Å². The van der Waals surface area contributed by atoms with Gasteiger partial charge in [-0.25, -0.2) is 0 Å². The molecule has 286 valence electrons. The van der Waals surface area contributed by atoms with Gasteiger partial charge in [0.25, 0.3) is 0 Å². The second kappa shape index (κ2) is 18.0. The number of hydrogen-bond donors (Lipinski definition) is 10. The Balaban J connectivity index is 1.56. The molecule has 1 aliphatic rings. The van der Waals surface area contributed by atoms with Gasteiger partial charge in [-0.1, -0.05) is 21.6 Å². The molecule has 3 heterocycles. The molecule has 0 radical (unpaired) electrons. The summed E-state index contributed by atoms with van der Waals surface area (Å²) in [5.74, 6) is -0.584. The summed E-state index contributed by atoms with van der Waals surface area (Å²) in [5, 5.41) is 26.4. The molecule has 3 unspecified atom stereocenters. The first-order chi connectivity index (χ1) is 23.2. The SMILES string of the molecule is CSSCCNC(=O)CCNC(=O)[C@@H](O)C(C)(C)COP(=O)(O)OP(=O)(O)OC[C@H]1O[C@@H](n2cnc3c(N)ncnc32)[C@@H](O)C1O[PH](O)(O)O. The summed E-state index contributed by atoms with van der Waals surface area (Å²) < 4.78 is 50.5. The monoisotopic (exact) mass is 815 g/mol. The van der Waals surface area contributed by atoms with E-state index in [1.807, 2.05) is 6.26 Å². The summed E-state index contributed by atoms with van der Waals surface area (Å²) in [6.45, 7) is 0.940. The molecule has 11 N–H and O–H groups in total. The Morgan fingerprint density at radius 1 is 1.14 bits per heavy atom. The molecule has 1 fully saturated rings. The van der Waals surface area contributed by atoms with Crippen LogP contribution in [-0.4, -0.2) is 129 Å². The Kier molecular flexibility index (Phi) is 15.4. The molecule has 0 bridgehead atoms. The van der Waals surface area contributed by atoms with Gasteiger partial charge >= 0.3 is 203 Å². The number of carbonyl (C=O) groups is 2. The number of nitrogens with zero attached hydrogens (tertiary/aromatic N) is 4. The van der Waals surface area contributed by atoms with Crippen molar-refractivity contribution < 1.29 is 76.0 Å². The summed E-state index contributed by atoms with van der Waals surface area (Å²) in [4.78, 5) is 84.9. The first-order valence-corrected chi connectivity index (χ1v) is 21.8. The molecule has 2 aromatic heterocycles. The van der Waals surface area contributed by atoms with Crippen molar-refractivity contribution in [3.63, 3.8) is 0 Å². The zero-order valence-electron chi connectivity index (χ0n) is 26.7. The number of nitrogen functional groups attached to an aromatic ring is 1. The average Bonchev–Trinajstić information content (AvgIpc) is 3.57.